The molecule has 0 saturated carbocycles. The lowest BCUT2D eigenvalue weighted by molar-refractivity contribution is 0.204. The lowest BCUT2D eigenvalue weighted by atomic mass is 10.0. The average Bonchev–Trinajstić information content (AvgIpc) is 3.55. The van der Waals surface area contributed by atoms with Crippen molar-refractivity contribution in [3.63, 3.8) is 0 Å². The van der Waals surface area contributed by atoms with Crippen LogP contribution in [0.15, 0.2) is 78.4 Å². The molecule has 1 unspecified atom stereocenters. The third-order valence-corrected chi connectivity index (χ3v) is 5.97. The van der Waals surface area contributed by atoms with Crippen LogP contribution in [0, 0.1) is 5.82 Å². The number of para-hydroxylation sites is 1. The molecule has 2 amide bonds. The predicted octanol–water partition coefficient (Wildman–Crippen LogP) is 4.30. The van der Waals surface area contributed by atoms with E-state index in [4.69, 9.17) is 4.99 Å². The maximum absolute atomic E-state index is 13.6. The van der Waals surface area contributed by atoms with Gasteiger partial charge in [-0.25, -0.2) is 14.2 Å². The lowest BCUT2D eigenvalue weighted by Crippen LogP contribution is -2.31. The Hall–Kier alpha value is -3.94. The van der Waals surface area contributed by atoms with Crippen molar-refractivity contribution >= 4 is 22.8 Å². The molecule has 2 aromatic carbocycles. The minimum atomic E-state index is -0.358. The monoisotopic (exact) mass is 444 g/mol. The van der Waals surface area contributed by atoms with Crippen LogP contribution in [0.5, 0.6) is 0 Å². The number of fused-ring (bicyclic) bond motifs is 1. The van der Waals surface area contributed by atoms with Crippen LogP contribution >= 0.6 is 0 Å². The summed E-state index contributed by atoms with van der Waals surface area (Å²) >= 11 is 0. The molecule has 0 radical (unpaired) electrons. The molecular weight excluding hydrogens is 419 g/mol. The highest BCUT2D eigenvalue weighted by molar-refractivity contribution is 6.07. The number of amidine groups is 1. The third kappa shape index (κ3) is 4.50. The number of nitrogens with zero attached hydrogens (tertiary/aromatic N) is 4. The molecule has 1 aliphatic heterocycles. The second-order valence-corrected chi connectivity index (χ2v) is 8.11. The zero-order valence-corrected chi connectivity index (χ0v) is 18.1. The van der Waals surface area contributed by atoms with E-state index in [2.05, 4.69) is 21.4 Å². The highest BCUT2D eigenvalue weighted by atomic mass is 19.1. The summed E-state index contributed by atoms with van der Waals surface area (Å²) in [6.07, 6.45) is 8.93. The van der Waals surface area contributed by atoms with Gasteiger partial charge in [-0.15, -0.1) is 0 Å². The summed E-state index contributed by atoms with van der Waals surface area (Å²) in [4.78, 5) is 26.7. The molecule has 168 valence electrons. The van der Waals surface area contributed by atoms with Crippen LogP contribution in [0.1, 0.15) is 23.6 Å². The van der Waals surface area contributed by atoms with Gasteiger partial charge in [-0.1, -0.05) is 30.3 Å². The number of aryl methyl sites for hydroxylation is 1. The first-order valence-electron chi connectivity index (χ1n) is 11.1. The van der Waals surface area contributed by atoms with Crippen molar-refractivity contribution in [2.75, 3.05) is 13.1 Å². The predicted molar refractivity (Wildman–Crippen MR) is 126 cm³/mol. The maximum atomic E-state index is 13.6. The van der Waals surface area contributed by atoms with Gasteiger partial charge in [0, 0.05) is 49.1 Å². The van der Waals surface area contributed by atoms with E-state index in [9.17, 15) is 9.18 Å². The molecule has 7 nitrogen and oxygen atoms in total. The van der Waals surface area contributed by atoms with E-state index in [1.165, 1.54) is 23.1 Å². The Morgan fingerprint density at radius 3 is 2.76 bits per heavy atom. The molecule has 0 aliphatic carbocycles. The number of imidazole rings is 1. The van der Waals surface area contributed by atoms with Crippen molar-refractivity contribution in [3.05, 3.63) is 90.4 Å². The van der Waals surface area contributed by atoms with Crippen LogP contribution in [0.3, 0.4) is 0 Å². The number of aliphatic imine (C=N–C) groups is 1. The summed E-state index contributed by atoms with van der Waals surface area (Å²) < 4.78 is 15.5. The number of nitrogens with one attached hydrogen (secondary N) is 2. The number of H-pyrrole nitrogens is 1. The first-order valence-corrected chi connectivity index (χ1v) is 11.1. The maximum Gasteiger partial charge on any atom is 0.323 e. The number of aromatic nitrogens is 3. The minimum Gasteiger partial charge on any atom is -0.361 e. The molecular formula is C25H25FN6O. The van der Waals surface area contributed by atoms with Crippen LogP contribution in [0.2, 0.25) is 0 Å². The topological polar surface area (TPSA) is 78.3 Å². The molecule has 2 N–H and O–H groups in total. The molecule has 33 heavy (non-hydrogen) atoms. The van der Waals surface area contributed by atoms with Gasteiger partial charge in [0.15, 0.2) is 0 Å². The molecule has 3 heterocycles. The average molecular weight is 445 g/mol. The number of hydrogen-bond donors (Lipinski definition) is 2. The molecule has 5 rings (SSSR count). The SMILES string of the molecule is O=C1NC(=NCCc2c[nH]c3ccccc23)C(c2ccc(F)cc2)N1CCCn1ccnc1. The van der Waals surface area contributed by atoms with E-state index in [-0.39, 0.29) is 17.9 Å². The number of hydrogen-bond acceptors (Lipinski definition) is 3. The second kappa shape index (κ2) is 9.28. The van der Waals surface area contributed by atoms with Crippen molar-refractivity contribution in [3.8, 4) is 0 Å². The minimum absolute atomic E-state index is 0.180. The van der Waals surface area contributed by atoms with Crippen molar-refractivity contribution < 1.29 is 9.18 Å². The molecule has 1 atom stereocenters. The summed E-state index contributed by atoms with van der Waals surface area (Å²) in [6, 6.07) is 13.9. The molecule has 4 aromatic rings. The number of carbonyl (C=O) groups excluding carboxylic acids is 1. The van der Waals surface area contributed by atoms with Gasteiger partial charge < -0.3 is 14.5 Å². The summed E-state index contributed by atoms with van der Waals surface area (Å²) in [5, 5.41) is 4.13. The Kier molecular flexibility index (Phi) is 5.89. The molecule has 1 aliphatic rings. The van der Waals surface area contributed by atoms with Crippen molar-refractivity contribution in [2.24, 2.45) is 4.99 Å². The number of carbonyl (C=O) groups is 1. The Labute approximate surface area is 191 Å². The van der Waals surface area contributed by atoms with E-state index in [1.54, 1.807) is 29.6 Å². The van der Waals surface area contributed by atoms with Gasteiger partial charge in [0.25, 0.3) is 0 Å². The fourth-order valence-electron chi connectivity index (χ4n) is 4.33. The number of urea groups is 1. The third-order valence-electron chi connectivity index (χ3n) is 5.97. The molecule has 0 bridgehead atoms. The van der Waals surface area contributed by atoms with Crippen LogP contribution in [0.25, 0.3) is 10.9 Å². The highest BCUT2D eigenvalue weighted by Gasteiger charge is 2.37. The summed E-state index contributed by atoms with van der Waals surface area (Å²) in [7, 11) is 0. The normalized spacial score (nSPS) is 17.2. The Bertz CT molecular complexity index is 1260. The standard InChI is InChI=1S/C25H25FN6O/c26-20-8-6-18(7-9-20)23-24(28-11-10-19-16-29-22-5-2-1-4-21(19)22)30-25(33)32(23)14-3-13-31-15-12-27-17-31/h1-2,4-9,12,15-17,23,29H,3,10-11,13-14H2,(H,28,30,33). The summed E-state index contributed by atoms with van der Waals surface area (Å²) in [6.45, 7) is 1.85. The zero-order chi connectivity index (χ0) is 22.6. The van der Waals surface area contributed by atoms with Crippen LogP contribution in [-0.2, 0) is 13.0 Å². The van der Waals surface area contributed by atoms with Crippen molar-refractivity contribution in [1.29, 1.82) is 0 Å². The van der Waals surface area contributed by atoms with Gasteiger partial charge in [0.05, 0.1) is 6.33 Å². The first kappa shape index (κ1) is 20.9. The number of rotatable bonds is 8. The first-order chi connectivity index (χ1) is 16.2. The Morgan fingerprint density at radius 1 is 1.09 bits per heavy atom. The van der Waals surface area contributed by atoms with E-state index in [0.29, 0.717) is 18.9 Å². The van der Waals surface area contributed by atoms with E-state index < -0.39 is 0 Å². The molecule has 1 saturated heterocycles. The van der Waals surface area contributed by atoms with E-state index in [1.807, 2.05) is 35.2 Å². The Balaban J connectivity index is 1.34. The van der Waals surface area contributed by atoms with Gasteiger partial charge in [-0.05, 0) is 42.2 Å². The quantitative estimate of drug-likeness (QED) is 0.425. The molecule has 0 spiro atoms. The second-order valence-electron chi connectivity index (χ2n) is 8.11. The number of benzene rings is 2. The van der Waals surface area contributed by atoms with Gasteiger partial charge in [0.2, 0.25) is 0 Å². The zero-order valence-electron chi connectivity index (χ0n) is 18.1. The van der Waals surface area contributed by atoms with E-state index >= 15 is 0 Å². The number of amides is 2. The van der Waals surface area contributed by atoms with Gasteiger partial charge in [-0.2, -0.15) is 0 Å². The number of halogens is 1. The molecule has 1 fully saturated rings. The van der Waals surface area contributed by atoms with Gasteiger partial charge in [0.1, 0.15) is 17.7 Å². The highest BCUT2D eigenvalue weighted by Crippen LogP contribution is 2.27. The Morgan fingerprint density at radius 2 is 1.94 bits per heavy atom. The van der Waals surface area contributed by atoms with Gasteiger partial charge in [-0.3, -0.25) is 10.3 Å². The summed E-state index contributed by atoms with van der Waals surface area (Å²) in [5.41, 5.74) is 3.13. The van der Waals surface area contributed by atoms with Crippen molar-refractivity contribution in [2.45, 2.75) is 25.4 Å². The summed E-state index contributed by atoms with van der Waals surface area (Å²) in [5.74, 6) is 0.301. The molecule has 2 aromatic heterocycles. The lowest BCUT2D eigenvalue weighted by Gasteiger charge is -2.23. The fourth-order valence-corrected chi connectivity index (χ4v) is 4.33. The van der Waals surface area contributed by atoms with Crippen molar-refractivity contribution in [1.82, 2.24) is 24.8 Å². The fraction of sp³-hybridized carbons (Fsp3) is 0.240. The van der Waals surface area contributed by atoms with Crippen LogP contribution < -0.4 is 5.32 Å². The molecule has 8 heteroatoms. The van der Waals surface area contributed by atoms with Crippen LogP contribution in [-0.4, -0.2) is 44.4 Å². The van der Waals surface area contributed by atoms with E-state index in [0.717, 1.165) is 30.5 Å². The van der Waals surface area contributed by atoms with Crippen LogP contribution in [0.4, 0.5) is 9.18 Å². The van der Waals surface area contributed by atoms with Gasteiger partial charge >= 0.3 is 6.03 Å². The smallest absolute Gasteiger partial charge is 0.323 e. The largest absolute Gasteiger partial charge is 0.361 e. The number of aromatic amines is 1.